The zero-order valence-corrected chi connectivity index (χ0v) is 18.2. The predicted octanol–water partition coefficient (Wildman–Crippen LogP) is 1.32. The van der Waals surface area contributed by atoms with Crippen molar-refractivity contribution >= 4 is 23.6 Å². The van der Waals surface area contributed by atoms with Gasteiger partial charge in [-0.05, 0) is 46.0 Å². The quantitative estimate of drug-likeness (QED) is 0.779. The molecule has 0 spiro atoms. The predicted molar refractivity (Wildman–Crippen MR) is 112 cm³/mol. The van der Waals surface area contributed by atoms with Gasteiger partial charge in [0.2, 0.25) is 0 Å². The normalized spacial score (nSPS) is 20.2. The fraction of sp³-hybridized carbons (Fsp3) is 0.571. The minimum atomic E-state index is -0.894. The standard InChI is InChI=1S/C21H30N4O5/c1-21(2,3)30-20(28)22-15-13-29-17-7-6-14(12-16(17)24(5)19(15)27)18(26)25-10-8-23(4)9-11-25/h6-7,12,15H,8-11,13H2,1-5H3,(H,22,28)/t15-/m0/s1. The highest BCUT2D eigenvalue weighted by Gasteiger charge is 2.32. The number of nitrogens with one attached hydrogen (secondary N) is 1. The molecule has 9 nitrogen and oxygen atoms in total. The molecule has 2 heterocycles. The summed E-state index contributed by atoms with van der Waals surface area (Å²) in [5.41, 5.74) is 0.320. The number of carbonyl (C=O) groups excluding carboxylic acids is 3. The van der Waals surface area contributed by atoms with Crippen LogP contribution in [-0.4, -0.2) is 86.2 Å². The number of hydrogen-bond donors (Lipinski definition) is 1. The molecular formula is C21H30N4O5. The molecule has 0 aliphatic carbocycles. The molecule has 0 saturated carbocycles. The summed E-state index contributed by atoms with van der Waals surface area (Å²) in [5.74, 6) is 0.0671. The molecule has 3 amide bonds. The first-order valence-electron chi connectivity index (χ1n) is 10.1. The van der Waals surface area contributed by atoms with E-state index < -0.39 is 17.7 Å². The van der Waals surface area contributed by atoms with Crippen LogP contribution in [0.2, 0.25) is 0 Å². The zero-order chi connectivity index (χ0) is 22.1. The van der Waals surface area contributed by atoms with Crippen molar-refractivity contribution in [1.82, 2.24) is 15.1 Å². The largest absolute Gasteiger partial charge is 0.489 e. The van der Waals surface area contributed by atoms with E-state index in [1.807, 2.05) is 11.9 Å². The summed E-state index contributed by atoms with van der Waals surface area (Å²) in [6.45, 7) is 8.21. The monoisotopic (exact) mass is 418 g/mol. The number of anilines is 1. The van der Waals surface area contributed by atoms with Crippen LogP contribution in [0.15, 0.2) is 18.2 Å². The molecule has 1 fully saturated rings. The molecule has 9 heteroatoms. The van der Waals surface area contributed by atoms with Crippen LogP contribution in [0.25, 0.3) is 0 Å². The fourth-order valence-corrected chi connectivity index (χ4v) is 3.38. The van der Waals surface area contributed by atoms with Gasteiger partial charge in [-0.15, -0.1) is 0 Å². The number of amides is 3. The third-order valence-electron chi connectivity index (χ3n) is 5.08. The average Bonchev–Trinajstić information content (AvgIpc) is 2.78. The maximum atomic E-state index is 12.9. The van der Waals surface area contributed by atoms with E-state index in [1.54, 1.807) is 46.0 Å². The summed E-state index contributed by atoms with van der Waals surface area (Å²) < 4.78 is 11.0. The van der Waals surface area contributed by atoms with Crippen molar-refractivity contribution in [2.75, 3.05) is 51.8 Å². The van der Waals surface area contributed by atoms with Crippen molar-refractivity contribution in [3.63, 3.8) is 0 Å². The van der Waals surface area contributed by atoms with Gasteiger partial charge in [0, 0.05) is 38.8 Å². The van der Waals surface area contributed by atoms with Gasteiger partial charge in [-0.25, -0.2) is 4.79 Å². The Balaban J connectivity index is 1.74. The van der Waals surface area contributed by atoms with Gasteiger partial charge >= 0.3 is 6.09 Å². The topological polar surface area (TPSA) is 91.4 Å². The van der Waals surface area contributed by atoms with Crippen LogP contribution in [-0.2, 0) is 9.53 Å². The number of benzene rings is 1. The van der Waals surface area contributed by atoms with Crippen molar-refractivity contribution in [3.8, 4) is 5.75 Å². The number of ether oxygens (including phenoxy) is 2. The molecule has 0 bridgehead atoms. The second-order valence-electron chi connectivity index (χ2n) is 8.69. The molecule has 2 aliphatic rings. The summed E-state index contributed by atoms with van der Waals surface area (Å²) in [5, 5.41) is 2.57. The van der Waals surface area contributed by atoms with Crippen LogP contribution < -0.4 is 15.0 Å². The molecule has 0 aromatic heterocycles. The number of alkyl carbamates (subject to hydrolysis) is 1. The second-order valence-corrected chi connectivity index (χ2v) is 8.69. The van der Waals surface area contributed by atoms with E-state index in [9.17, 15) is 14.4 Å². The van der Waals surface area contributed by atoms with Gasteiger partial charge in [0.15, 0.2) is 0 Å². The first kappa shape index (κ1) is 21.9. The Kier molecular flexibility index (Phi) is 6.21. The lowest BCUT2D eigenvalue weighted by Crippen LogP contribution is -2.50. The molecule has 3 rings (SSSR count). The highest BCUT2D eigenvalue weighted by Crippen LogP contribution is 2.32. The molecule has 0 unspecified atom stereocenters. The molecule has 0 radical (unpaired) electrons. The van der Waals surface area contributed by atoms with Gasteiger partial charge in [-0.2, -0.15) is 0 Å². The Bertz CT molecular complexity index is 827. The number of carbonyl (C=O) groups is 3. The van der Waals surface area contributed by atoms with E-state index in [0.717, 1.165) is 13.1 Å². The van der Waals surface area contributed by atoms with Gasteiger partial charge in [0.1, 0.15) is 24.0 Å². The molecule has 164 valence electrons. The van der Waals surface area contributed by atoms with E-state index in [4.69, 9.17) is 9.47 Å². The highest BCUT2D eigenvalue weighted by molar-refractivity contribution is 6.02. The molecule has 1 N–H and O–H groups in total. The van der Waals surface area contributed by atoms with Crippen LogP contribution in [0.4, 0.5) is 10.5 Å². The second kappa shape index (κ2) is 8.51. The van der Waals surface area contributed by atoms with Gasteiger partial charge in [-0.1, -0.05) is 0 Å². The van der Waals surface area contributed by atoms with E-state index in [-0.39, 0.29) is 18.4 Å². The molecular weight excluding hydrogens is 388 g/mol. The molecule has 1 atom stereocenters. The molecule has 2 aliphatic heterocycles. The van der Waals surface area contributed by atoms with Crippen LogP contribution in [0, 0.1) is 0 Å². The summed E-state index contributed by atoms with van der Waals surface area (Å²) in [7, 11) is 3.63. The number of likely N-dealkylation sites (N-methyl/N-ethyl adjacent to an activating group) is 2. The SMILES string of the molecule is CN1CCN(C(=O)c2ccc3c(c2)N(C)C(=O)[C@@H](NC(=O)OC(C)(C)C)CO3)CC1. The number of piperazine rings is 1. The molecule has 30 heavy (non-hydrogen) atoms. The van der Waals surface area contributed by atoms with E-state index in [1.165, 1.54) is 4.90 Å². The van der Waals surface area contributed by atoms with E-state index in [0.29, 0.717) is 30.1 Å². The lowest BCUT2D eigenvalue weighted by Gasteiger charge is -2.32. The minimum absolute atomic E-state index is 0.0266. The van der Waals surface area contributed by atoms with Crippen molar-refractivity contribution < 1.29 is 23.9 Å². The Morgan fingerprint density at radius 1 is 1.13 bits per heavy atom. The van der Waals surface area contributed by atoms with Crippen molar-refractivity contribution in [2.24, 2.45) is 0 Å². The van der Waals surface area contributed by atoms with Crippen molar-refractivity contribution in [1.29, 1.82) is 0 Å². The Hall–Kier alpha value is -2.81. The lowest BCUT2D eigenvalue weighted by atomic mass is 10.1. The summed E-state index contributed by atoms with van der Waals surface area (Å²) >= 11 is 0. The van der Waals surface area contributed by atoms with Crippen LogP contribution in [0.5, 0.6) is 5.75 Å². The van der Waals surface area contributed by atoms with Gasteiger partial charge in [0.25, 0.3) is 11.8 Å². The Morgan fingerprint density at radius 3 is 2.43 bits per heavy atom. The number of rotatable bonds is 2. The molecule has 1 aromatic rings. The fourth-order valence-electron chi connectivity index (χ4n) is 3.38. The van der Waals surface area contributed by atoms with Gasteiger partial charge in [-0.3, -0.25) is 9.59 Å². The van der Waals surface area contributed by atoms with Crippen LogP contribution in [0.1, 0.15) is 31.1 Å². The Morgan fingerprint density at radius 2 is 1.80 bits per heavy atom. The van der Waals surface area contributed by atoms with Crippen LogP contribution in [0.3, 0.4) is 0 Å². The average molecular weight is 418 g/mol. The van der Waals surface area contributed by atoms with Gasteiger partial charge in [0.05, 0.1) is 5.69 Å². The third kappa shape index (κ3) is 5.02. The first-order valence-corrected chi connectivity index (χ1v) is 10.1. The zero-order valence-electron chi connectivity index (χ0n) is 18.2. The summed E-state index contributed by atoms with van der Waals surface area (Å²) in [6.07, 6.45) is -0.685. The number of hydrogen-bond acceptors (Lipinski definition) is 6. The summed E-state index contributed by atoms with van der Waals surface area (Å²) in [4.78, 5) is 43.3. The van der Waals surface area contributed by atoms with Crippen LogP contribution >= 0.6 is 0 Å². The maximum absolute atomic E-state index is 12.9. The van der Waals surface area contributed by atoms with Crippen molar-refractivity contribution in [3.05, 3.63) is 23.8 Å². The third-order valence-corrected chi connectivity index (χ3v) is 5.08. The highest BCUT2D eigenvalue weighted by atomic mass is 16.6. The lowest BCUT2D eigenvalue weighted by molar-refractivity contribution is -0.120. The smallest absolute Gasteiger partial charge is 0.408 e. The number of nitrogens with zero attached hydrogens (tertiary/aromatic N) is 3. The van der Waals surface area contributed by atoms with Crippen molar-refractivity contribution in [2.45, 2.75) is 32.4 Å². The van der Waals surface area contributed by atoms with E-state index in [2.05, 4.69) is 10.2 Å². The summed E-state index contributed by atoms with van der Waals surface area (Å²) in [6, 6.07) is 4.18. The Labute approximate surface area is 176 Å². The molecule has 1 aromatic carbocycles. The first-order chi connectivity index (χ1) is 14.0. The van der Waals surface area contributed by atoms with Gasteiger partial charge < -0.3 is 29.5 Å². The minimum Gasteiger partial charge on any atom is -0.489 e. The van der Waals surface area contributed by atoms with E-state index >= 15 is 0 Å². The maximum Gasteiger partial charge on any atom is 0.408 e. The molecule has 1 saturated heterocycles. The number of fused-ring (bicyclic) bond motifs is 1.